The van der Waals surface area contributed by atoms with Gasteiger partial charge >= 0.3 is 0 Å². The summed E-state index contributed by atoms with van der Waals surface area (Å²) in [6, 6.07) is 0. The summed E-state index contributed by atoms with van der Waals surface area (Å²) in [6.45, 7) is 17.1. The maximum absolute atomic E-state index is 5.69. The zero-order valence-electron chi connectivity index (χ0n) is 12.4. The normalized spacial score (nSPS) is 16.2. The highest BCUT2D eigenvalue weighted by Crippen LogP contribution is 2.30. The van der Waals surface area contributed by atoms with Crippen LogP contribution in [0.1, 0.15) is 55.4 Å². The van der Waals surface area contributed by atoms with Gasteiger partial charge < -0.3 is 4.74 Å². The van der Waals surface area contributed by atoms with Crippen molar-refractivity contribution < 1.29 is 4.74 Å². The molecule has 0 radical (unpaired) electrons. The predicted octanol–water partition coefficient (Wildman–Crippen LogP) is 5.02. The molecule has 100 valence electrons. The lowest BCUT2D eigenvalue weighted by molar-refractivity contribution is 0.281. The van der Waals surface area contributed by atoms with E-state index in [2.05, 4.69) is 55.4 Å². The molecule has 0 spiro atoms. The topological polar surface area (TPSA) is 9.23 Å². The highest BCUT2D eigenvalue weighted by Gasteiger charge is 2.30. The average Bonchev–Trinajstić information content (AvgIpc) is 2.12. The van der Waals surface area contributed by atoms with Crippen molar-refractivity contribution in [1.82, 2.24) is 0 Å². The van der Waals surface area contributed by atoms with E-state index in [-0.39, 0.29) is 22.7 Å². The first-order valence-corrected chi connectivity index (χ1v) is 6.94. The number of thiocarbonyl (C=S) groups is 2. The van der Waals surface area contributed by atoms with Crippen LogP contribution >= 0.6 is 24.4 Å². The van der Waals surface area contributed by atoms with Gasteiger partial charge in [0.1, 0.15) is 0 Å². The third-order valence-corrected chi connectivity index (χ3v) is 4.38. The molecule has 0 rings (SSSR count). The lowest BCUT2D eigenvalue weighted by Gasteiger charge is -2.31. The van der Waals surface area contributed by atoms with Crippen LogP contribution in [0.5, 0.6) is 0 Å². The predicted molar refractivity (Wildman–Crippen MR) is 83.5 cm³/mol. The zero-order valence-corrected chi connectivity index (χ0v) is 14.0. The molecule has 17 heavy (non-hydrogen) atoms. The molecule has 0 saturated heterocycles. The molecule has 0 aromatic carbocycles. The summed E-state index contributed by atoms with van der Waals surface area (Å²) in [7, 11) is 0. The average molecular weight is 274 g/mol. The molecular formula is C14H26OS2. The fourth-order valence-corrected chi connectivity index (χ4v) is 1.92. The minimum Gasteiger partial charge on any atom is -0.443 e. The van der Waals surface area contributed by atoms with Crippen molar-refractivity contribution in [3.8, 4) is 0 Å². The SMILES string of the molecule is CC(C(=S)OC(=S)C(C)C(C)(C)C)C(C)(C)C. The Balaban J connectivity index is 4.57. The molecule has 0 bridgehead atoms. The first-order chi connectivity index (χ1) is 7.37. The standard InChI is InChI=1S/C14H26OS2/c1-9(13(3,4)5)11(16)15-12(17)10(2)14(6,7)8/h9-10H,1-8H3. The van der Waals surface area contributed by atoms with Crippen LogP contribution < -0.4 is 0 Å². The van der Waals surface area contributed by atoms with Crippen molar-refractivity contribution in [2.75, 3.05) is 0 Å². The Morgan fingerprint density at radius 3 is 1.18 bits per heavy atom. The van der Waals surface area contributed by atoms with E-state index in [1.807, 2.05) is 0 Å². The molecule has 2 atom stereocenters. The van der Waals surface area contributed by atoms with Gasteiger partial charge in [-0.15, -0.1) is 0 Å². The molecular weight excluding hydrogens is 248 g/mol. The smallest absolute Gasteiger partial charge is 0.171 e. The van der Waals surface area contributed by atoms with E-state index >= 15 is 0 Å². The van der Waals surface area contributed by atoms with Gasteiger partial charge in [0.25, 0.3) is 0 Å². The summed E-state index contributed by atoms with van der Waals surface area (Å²) >= 11 is 10.7. The van der Waals surface area contributed by atoms with Gasteiger partial charge in [0.2, 0.25) is 0 Å². The molecule has 2 unspecified atom stereocenters. The lowest BCUT2D eigenvalue weighted by Crippen LogP contribution is -2.32. The van der Waals surface area contributed by atoms with E-state index in [9.17, 15) is 0 Å². The van der Waals surface area contributed by atoms with E-state index in [1.54, 1.807) is 0 Å². The number of rotatable bonds is 2. The van der Waals surface area contributed by atoms with Gasteiger partial charge in [-0.3, -0.25) is 0 Å². The second kappa shape index (κ2) is 5.75. The van der Waals surface area contributed by atoms with Crippen molar-refractivity contribution >= 4 is 34.5 Å². The molecule has 3 heteroatoms. The molecule has 0 aliphatic carbocycles. The van der Waals surface area contributed by atoms with Gasteiger partial charge in [-0.05, 0) is 35.3 Å². The monoisotopic (exact) mass is 274 g/mol. The number of hydrogen-bond donors (Lipinski definition) is 0. The van der Waals surface area contributed by atoms with E-state index < -0.39 is 0 Å². The van der Waals surface area contributed by atoms with Crippen LogP contribution in [0.2, 0.25) is 0 Å². The largest absolute Gasteiger partial charge is 0.443 e. The van der Waals surface area contributed by atoms with Crippen LogP contribution in [0.15, 0.2) is 0 Å². The molecule has 0 heterocycles. The maximum atomic E-state index is 5.69. The Bertz CT molecular complexity index is 264. The summed E-state index contributed by atoms with van der Waals surface area (Å²) in [4.78, 5) is 0. The molecule has 1 nitrogen and oxygen atoms in total. The van der Waals surface area contributed by atoms with Crippen LogP contribution in [0.3, 0.4) is 0 Å². The van der Waals surface area contributed by atoms with Crippen LogP contribution in [-0.2, 0) is 4.74 Å². The van der Waals surface area contributed by atoms with E-state index in [0.29, 0.717) is 10.1 Å². The van der Waals surface area contributed by atoms with E-state index in [1.165, 1.54) is 0 Å². The fourth-order valence-electron chi connectivity index (χ4n) is 0.983. The molecule has 0 aromatic rings. The van der Waals surface area contributed by atoms with Gasteiger partial charge in [-0.2, -0.15) is 0 Å². The second-order valence-corrected chi connectivity index (χ2v) is 7.72. The third-order valence-electron chi connectivity index (χ3n) is 3.51. The Morgan fingerprint density at radius 2 is 1.00 bits per heavy atom. The molecule has 0 N–H and O–H groups in total. The summed E-state index contributed by atoms with van der Waals surface area (Å²) in [5, 5.41) is 1.22. The minimum absolute atomic E-state index is 0.109. The third kappa shape index (κ3) is 5.43. The molecule has 0 aliphatic rings. The van der Waals surface area contributed by atoms with Crippen LogP contribution in [0, 0.1) is 22.7 Å². The molecule has 0 aromatic heterocycles. The van der Waals surface area contributed by atoms with Gasteiger partial charge in [0.05, 0.1) is 0 Å². The number of hydrogen-bond acceptors (Lipinski definition) is 3. The van der Waals surface area contributed by atoms with E-state index in [0.717, 1.165) is 0 Å². The van der Waals surface area contributed by atoms with Crippen molar-refractivity contribution in [3.05, 3.63) is 0 Å². The summed E-state index contributed by atoms with van der Waals surface area (Å²) in [6.07, 6.45) is 0. The van der Waals surface area contributed by atoms with Crippen molar-refractivity contribution in [2.24, 2.45) is 22.7 Å². The quantitative estimate of drug-likeness (QED) is 0.654. The van der Waals surface area contributed by atoms with Gasteiger partial charge in [0.15, 0.2) is 10.1 Å². The minimum atomic E-state index is 0.109. The first-order valence-electron chi connectivity index (χ1n) is 6.13. The lowest BCUT2D eigenvalue weighted by atomic mass is 9.82. The van der Waals surface area contributed by atoms with Crippen LogP contribution in [0.4, 0.5) is 0 Å². The van der Waals surface area contributed by atoms with Gasteiger partial charge in [-0.1, -0.05) is 55.4 Å². The highest BCUT2D eigenvalue weighted by atomic mass is 32.1. The van der Waals surface area contributed by atoms with Crippen molar-refractivity contribution in [3.63, 3.8) is 0 Å². The van der Waals surface area contributed by atoms with Crippen LogP contribution in [0.25, 0.3) is 0 Å². The number of ether oxygens (including phenoxy) is 1. The Hall–Kier alpha value is -0.0200. The Labute approximate surface area is 117 Å². The highest BCUT2D eigenvalue weighted by molar-refractivity contribution is 7.81. The molecule has 0 fully saturated rings. The van der Waals surface area contributed by atoms with Gasteiger partial charge in [-0.25, -0.2) is 0 Å². The Morgan fingerprint density at radius 1 is 0.765 bits per heavy atom. The van der Waals surface area contributed by atoms with Crippen LogP contribution in [-0.4, -0.2) is 10.1 Å². The van der Waals surface area contributed by atoms with Crippen molar-refractivity contribution in [1.29, 1.82) is 0 Å². The fraction of sp³-hybridized carbons (Fsp3) is 0.857. The zero-order chi connectivity index (χ0) is 14.0. The second-order valence-electron chi connectivity index (χ2n) is 6.92. The van der Waals surface area contributed by atoms with E-state index in [4.69, 9.17) is 29.2 Å². The Kier molecular flexibility index (Phi) is 5.74. The molecule has 0 saturated carbocycles. The summed E-state index contributed by atoms with van der Waals surface area (Å²) in [5.74, 6) is 0.422. The maximum Gasteiger partial charge on any atom is 0.171 e. The first kappa shape index (κ1) is 17.0. The molecule has 0 amide bonds. The summed E-state index contributed by atoms with van der Waals surface area (Å²) < 4.78 is 5.69. The van der Waals surface area contributed by atoms with Crippen molar-refractivity contribution in [2.45, 2.75) is 55.4 Å². The summed E-state index contributed by atoms with van der Waals surface area (Å²) in [5.41, 5.74) is 0.218. The molecule has 0 aliphatic heterocycles. The van der Waals surface area contributed by atoms with Gasteiger partial charge in [0, 0.05) is 11.8 Å².